The molecule has 1 fully saturated rings. The van der Waals surface area contributed by atoms with Crippen molar-refractivity contribution in [2.24, 2.45) is 16.7 Å². The molecule has 0 aromatic heterocycles. The smallest absolute Gasteiger partial charge is 0.224 e. The first-order chi connectivity index (χ1) is 6.62. The van der Waals surface area contributed by atoms with Crippen LogP contribution in [0.15, 0.2) is 0 Å². The van der Waals surface area contributed by atoms with Gasteiger partial charge in [0.2, 0.25) is 5.91 Å². The Morgan fingerprint density at radius 2 is 1.53 bits per heavy atom. The molecule has 3 nitrogen and oxygen atoms in total. The molecule has 86 valence electrons. The average Bonchev–Trinajstić information content (AvgIpc) is 2.41. The van der Waals surface area contributed by atoms with Gasteiger partial charge >= 0.3 is 0 Å². The summed E-state index contributed by atoms with van der Waals surface area (Å²) in [7, 11) is 0. The molecule has 0 spiro atoms. The maximum Gasteiger partial charge on any atom is 0.224 e. The number of ketones is 1. The van der Waals surface area contributed by atoms with E-state index in [1.54, 1.807) is 6.92 Å². The molecule has 0 aliphatic heterocycles. The third kappa shape index (κ3) is 1.80. The second kappa shape index (κ2) is 3.32. The minimum atomic E-state index is -0.371. The number of carbonyl (C=O) groups excluding carboxylic acids is 2. The first kappa shape index (κ1) is 12.2. The Morgan fingerprint density at radius 1 is 1.13 bits per heavy atom. The van der Waals surface area contributed by atoms with Gasteiger partial charge in [-0.3, -0.25) is 9.59 Å². The highest BCUT2D eigenvalue weighted by Crippen LogP contribution is 2.68. The molecule has 3 heteroatoms. The van der Waals surface area contributed by atoms with Crippen molar-refractivity contribution < 1.29 is 9.59 Å². The van der Waals surface area contributed by atoms with Gasteiger partial charge in [-0.15, -0.1) is 0 Å². The van der Waals surface area contributed by atoms with Crippen molar-refractivity contribution in [1.82, 2.24) is 5.32 Å². The molecule has 1 N–H and O–H groups in total. The second-order valence-electron chi connectivity index (χ2n) is 5.72. The van der Waals surface area contributed by atoms with E-state index in [0.717, 1.165) is 0 Å². The van der Waals surface area contributed by atoms with Crippen molar-refractivity contribution >= 4 is 11.7 Å². The van der Waals surface area contributed by atoms with Crippen LogP contribution >= 0.6 is 0 Å². The number of rotatable bonds is 3. The van der Waals surface area contributed by atoms with Crippen LogP contribution in [0.25, 0.3) is 0 Å². The predicted molar refractivity (Wildman–Crippen MR) is 59.3 cm³/mol. The lowest BCUT2D eigenvalue weighted by molar-refractivity contribution is -0.128. The molecule has 0 heterocycles. The van der Waals surface area contributed by atoms with Gasteiger partial charge in [-0.25, -0.2) is 0 Å². The van der Waals surface area contributed by atoms with Crippen LogP contribution < -0.4 is 5.32 Å². The molecule has 1 saturated carbocycles. The van der Waals surface area contributed by atoms with Gasteiger partial charge in [0.25, 0.3) is 0 Å². The van der Waals surface area contributed by atoms with E-state index in [4.69, 9.17) is 0 Å². The molecule has 1 aliphatic carbocycles. The van der Waals surface area contributed by atoms with Crippen molar-refractivity contribution in [3.8, 4) is 0 Å². The molecule has 0 aromatic carbocycles. The standard InChI is InChI=1S/C12H21NO2/c1-7(8(2)14)13-10(15)9-11(3,4)12(9,5)6/h7,9H,1-6H3,(H,13,15). The first-order valence-corrected chi connectivity index (χ1v) is 5.43. The number of hydrogen-bond donors (Lipinski definition) is 1. The fourth-order valence-corrected chi connectivity index (χ4v) is 2.25. The van der Waals surface area contributed by atoms with Crippen molar-refractivity contribution in [1.29, 1.82) is 0 Å². The summed E-state index contributed by atoms with van der Waals surface area (Å²) in [5, 5.41) is 2.76. The van der Waals surface area contributed by atoms with Crippen molar-refractivity contribution in [3.05, 3.63) is 0 Å². The molecule has 0 bridgehead atoms. The van der Waals surface area contributed by atoms with Gasteiger partial charge < -0.3 is 5.32 Å². The Morgan fingerprint density at radius 3 is 1.80 bits per heavy atom. The van der Waals surface area contributed by atoms with Crippen molar-refractivity contribution in [2.75, 3.05) is 0 Å². The van der Waals surface area contributed by atoms with Crippen LogP contribution in [-0.4, -0.2) is 17.7 Å². The van der Waals surface area contributed by atoms with E-state index in [2.05, 4.69) is 33.0 Å². The van der Waals surface area contributed by atoms with Gasteiger partial charge in [-0.2, -0.15) is 0 Å². The Bertz CT molecular complexity index is 291. The van der Waals surface area contributed by atoms with E-state index in [9.17, 15) is 9.59 Å². The van der Waals surface area contributed by atoms with Crippen LogP contribution in [0.5, 0.6) is 0 Å². The van der Waals surface area contributed by atoms with Crippen molar-refractivity contribution in [2.45, 2.75) is 47.6 Å². The molecule has 1 aliphatic rings. The van der Waals surface area contributed by atoms with Gasteiger partial charge in [-0.05, 0) is 24.7 Å². The van der Waals surface area contributed by atoms with E-state index in [1.807, 2.05) is 0 Å². The Balaban J connectivity index is 2.63. The lowest BCUT2D eigenvalue weighted by atomic mass is 10.0. The first-order valence-electron chi connectivity index (χ1n) is 5.43. The molecule has 1 unspecified atom stereocenters. The van der Waals surface area contributed by atoms with E-state index in [-0.39, 0.29) is 34.5 Å². The highest BCUT2D eigenvalue weighted by atomic mass is 16.2. The highest BCUT2D eigenvalue weighted by molar-refractivity contribution is 5.90. The normalized spacial score (nSPS) is 24.4. The van der Waals surface area contributed by atoms with Crippen LogP contribution in [0.3, 0.4) is 0 Å². The molecular weight excluding hydrogens is 190 g/mol. The minimum absolute atomic E-state index is 0.000359. The SMILES string of the molecule is CC(=O)C(C)NC(=O)C1C(C)(C)C1(C)C. The Hall–Kier alpha value is -0.860. The van der Waals surface area contributed by atoms with E-state index < -0.39 is 0 Å². The fraction of sp³-hybridized carbons (Fsp3) is 0.833. The summed E-state index contributed by atoms with van der Waals surface area (Å²) >= 11 is 0. The zero-order valence-electron chi connectivity index (χ0n) is 10.5. The van der Waals surface area contributed by atoms with Gasteiger partial charge in [0.15, 0.2) is 5.78 Å². The molecule has 1 atom stereocenters. The molecular formula is C12H21NO2. The average molecular weight is 211 g/mol. The zero-order valence-corrected chi connectivity index (χ0v) is 10.5. The monoisotopic (exact) mass is 211 g/mol. The summed E-state index contributed by atoms with van der Waals surface area (Å²) in [6.45, 7) is 11.6. The number of Topliss-reactive ketones (excluding diaryl/α,β-unsaturated/α-hetero) is 1. The lowest BCUT2D eigenvalue weighted by Crippen LogP contribution is -2.39. The maximum atomic E-state index is 11.9. The summed E-state index contributed by atoms with van der Waals surface area (Å²) in [5.41, 5.74) is 0.0706. The van der Waals surface area contributed by atoms with Crippen LogP contribution in [0, 0.1) is 16.7 Å². The van der Waals surface area contributed by atoms with Gasteiger partial charge in [-0.1, -0.05) is 27.7 Å². The van der Waals surface area contributed by atoms with Gasteiger partial charge in [0.1, 0.15) is 0 Å². The molecule has 1 amide bonds. The number of hydrogen-bond acceptors (Lipinski definition) is 2. The van der Waals surface area contributed by atoms with E-state index in [1.165, 1.54) is 6.92 Å². The van der Waals surface area contributed by atoms with E-state index in [0.29, 0.717) is 0 Å². The number of nitrogens with one attached hydrogen (secondary N) is 1. The quantitative estimate of drug-likeness (QED) is 0.773. The van der Waals surface area contributed by atoms with E-state index >= 15 is 0 Å². The molecule has 0 radical (unpaired) electrons. The van der Waals surface area contributed by atoms with Crippen LogP contribution in [0.1, 0.15) is 41.5 Å². The zero-order chi connectivity index (χ0) is 12.0. The summed E-state index contributed by atoms with van der Waals surface area (Å²) in [6.07, 6.45) is 0. The molecule has 15 heavy (non-hydrogen) atoms. The number of carbonyl (C=O) groups is 2. The maximum absolute atomic E-state index is 11.9. The second-order valence-corrected chi connectivity index (χ2v) is 5.72. The summed E-state index contributed by atoms with van der Waals surface area (Å²) < 4.78 is 0. The summed E-state index contributed by atoms with van der Waals surface area (Å²) in [5.74, 6) is 0.0270. The third-order valence-corrected chi connectivity index (χ3v) is 4.25. The summed E-state index contributed by atoms with van der Waals surface area (Å²) in [6, 6.07) is -0.371. The van der Waals surface area contributed by atoms with Crippen LogP contribution in [0.4, 0.5) is 0 Å². The Kier molecular flexibility index (Phi) is 2.71. The summed E-state index contributed by atoms with van der Waals surface area (Å²) in [4.78, 5) is 22.9. The fourth-order valence-electron chi connectivity index (χ4n) is 2.25. The highest BCUT2D eigenvalue weighted by Gasteiger charge is 2.68. The number of amides is 1. The topological polar surface area (TPSA) is 46.2 Å². The largest absolute Gasteiger partial charge is 0.346 e. The molecule has 0 saturated heterocycles. The lowest BCUT2D eigenvalue weighted by Gasteiger charge is -2.11. The Labute approximate surface area is 91.6 Å². The molecule has 0 aromatic rings. The van der Waals surface area contributed by atoms with Gasteiger partial charge in [0, 0.05) is 5.92 Å². The van der Waals surface area contributed by atoms with Crippen LogP contribution in [-0.2, 0) is 9.59 Å². The van der Waals surface area contributed by atoms with Gasteiger partial charge in [0.05, 0.1) is 6.04 Å². The van der Waals surface area contributed by atoms with Crippen LogP contribution in [0.2, 0.25) is 0 Å². The minimum Gasteiger partial charge on any atom is -0.346 e. The third-order valence-electron chi connectivity index (χ3n) is 4.25. The predicted octanol–water partition coefficient (Wildman–Crippen LogP) is 1.76. The molecule has 1 rings (SSSR count). The van der Waals surface area contributed by atoms with Crippen molar-refractivity contribution in [3.63, 3.8) is 0 Å².